The first-order valence-electron chi connectivity index (χ1n) is 15.9. The molecular formula is C35H43N5O7. The number of hydrogen-bond acceptors (Lipinski definition) is 11. The highest BCUT2D eigenvalue weighted by Gasteiger charge is 2.64. The van der Waals surface area contributed by atoms with Gasteiger partial charge in [-0.2, -0.15) is 0 Å². The summed E-state index contributed by atoms with van der Waals surface area (Å²) in [6.45, 7) is 4.64. The van der Waals surface area contributed by atoms with Crippen LogP contribution in [0.4, 0.5) is 5.69 Å². The number of piperazine rings is 1. The van der Waals surface area contributed by atoms with Gasteiger partial charge in [0.15, 0.2) is 11.4 Å². The van der Waals surface area contributed by atoms with E-state index in [1.807, 2.05) is 49.3 Å². The molecule has 1 saturated heterocycles. The predicted molar refractivity (Wildman–Crippen MR) is 177 cm³/mol. The standard InChI is InChI=1S/C35H43N5O7/c1-37(2)24-16-21(19-8-6-7-18(13-19)17-40-11-9-39(5)10-12-40)29(41)26-22(24)14-20-15-23-28(38(3)4)31(43)27(34(36)46)33(45)35(23,47)32(44)25(20)30(26)42/h6-8,13,16,20,23,28,41-42,45,47H,9-12,14-15,17H2,1-5H3,(H2,36,46)/t20-,23+,28-,35+/m0/s1. The summed E-state index contributed by atoms with van der Waals surface area (Å²) in [4.78, 5) is 48.0. The number of ketones is 2. The van der Waals surface area contributed by atoms with Gasteiger partial charge in [-0.3, -0.25) is 24.2 Å². The van der Waals surface area contributed by atoms with Crippen LogP contribution in [0.2, 0.25) is 0 Å². The van der Waals surface area contributed by atoms with Gasteiger partial charge in [0.1, 0.15) is 22.8 Å². The molecular weight excluding hydrogens is 602 g/mol. The number of Topliss-reactive ketones (excluding diaryl/α,β-unsaturated/α-hetero) is 2. The zero-order chi connectivity index (χ0) is 34.1. The van der Waals surface area contributed by atoms with Crippen molar-refractivity contribution >= 4 is 28.9 Å². The van der Waals surface area contributed by atoms with Crippen molar-refractivity contribution < 1.29 is 34.8 Å². The van der Waals surface area contributed by atoms with Crippen molar-refractivity contribution in [2.45, 2.75) is 31.0 Å². The van der Waals surface area contributed by atoms with Gasteiger partial charge in [-0.05, 0) is 68.7 Å². The number of phenols is 1. The summed E-state index contributed by atoms with van der Waals surface area (Å²) >= 11 is 0. The summed E-state index contributed by atoms with van der Waals surface area (Å²) in [6.07, 6.45) is 0.259. The monoisotopic (exact) mass is 645 g/mol. The number of phenolic OH excluding ortho intramolecular Hbond substituents is 1. The Labute approximate surface area is 274 Å². The first kappa shape index (κ1) is 32.7. The van der Waals surface area contributed by atoms with Crippen molar-refractivity contribution in [1.29, 1.82) is 0 Å². The van der Waals surface area contributed by atoms with Crippen molar-refractivity contribution in [2.24, 2.45) is 17.6 Å². The average Bonchev–Trinajstić information content (AvgIpc) is 3.00. The van der Waals surface area contributed by atoms with Crippen molar-refractivity contribution in [3.8, 4) is 16.9 Å². The van der Waals surface area contributed by atoms with Crippen LogP contribution in [0.1, 0.15) is 23.1 Å². The van der Waals surface area contributed by atoms with E-state index in [1.54, 1.807) is 14.1 Å². The second-order valence-corrected chi connectivity index (χ2v) is 13.8. The highest BCUT2D eigenvalue weighted by atomic mass is 16.3. The summed E-state index contributed by atoms with van der Waals surface area (Å²) in [5.74, 6) is -6.65. The van der Waals surface area contributed by atoms with E-state index in [-0.39, 0.29) is 29.7 Å². The quantitative estimate of drug-likeness (QED) is 0.288. The number of fused-ring (bicyclic) bond motifs is 3. The molecule has 0 bridgehead atoms. The van der Waals surface area contributed by atoms with Gasteiger partial charge >= 0.3 is 0 Å². The Morgan fingerprint density at radius 2 is 1.72 bits per heavy atom. The molecule has 6 rings (SSSR count). The Hall–Kier alpha value is -4.23. The lowest BCUT2D eigenvalue weighted by atomic mass is 9.57. The van der Waals surface area contributed by atoms with E-state index in [4.69, 9.17) is 5.73 Å². The Kier molecular flexibility index (Phi) is 8.20. The highest BCUT2D eigenvalue weighted by Crippen LogP contribution is 2.55. The molecule has 0 aromatic heterocycles. The number of anilines is 1. The van der Waals surface area contributed by atoms with Crippen molar-refractivity contribution in [2.75, 3.05) is 66.3 Å². The summed E-state index contributed by atoms with van der Waals surface area (Å²) in [6, 6.07) is 8.63. The second kappa shape index (κ2) is 11.8. The SMILES string of the molecule is CN1CCN(Cc2cccc(-c3cc(N(C)C)c4c(c3O)C(O)=C3C(=O)[C@@]5(O)C(O)=C(C(N)=O)C(=O)[C@@H](N(C)C)[C@H]5C[C@@H]3C4)c2)CC1. The van der Waals surface area contributed by atoms with Gasteiger partial charge in [-0.15, -0.1) is 0 Å². The first-order chi connectivity index (χ1) is 22.2. The lowest BCUT2D eigenvalue weighted by Crippen LogP contribution is -2.65. The molecule has 2 aromatic carbocycles. The molecule has 4 atom stereocenters. The third-order valence-corrected chi connectivity index (χ3v) is 10.4. The zero-order valence-corrected chi connectivity index (χ0v) is 27.4. The van der Waals surface area contributed by atoms with Crippen LogP contribution in [0, 0.1) is 11.8 Å². The van der Waals surface area contributed by atoms with Crippen LogP contribution in [0.25, 0.3) is 16.9 Å². The fourth-order valence-electron chi connectivity index (χ4n) is 8.01. The average molecular weight is 646 g/mol. The van der Waals surface area contributed by atoms with Crippen LogP contribution in [0.5, 0.6) is 5.75 Å². The van der Waals surface area contributed by atoms with Gasteiger partial charge in [0.25, 0.3) is 5.91 Å². The molecule has 12 heteroatoms. The summed E-state index contributed by atoms with van der Waals surface area (Å²) < 4.78 is 0. The molecule has 6 N–H and O–H groups in total. The molecule has 250 valence electrons. The van der Waals surface area contributed by atoms with E-state index in [2.05, 4.69) is 16.8 Å². The minimum absolute atomic E-state index is 0.0372. The third kappa shape index (κ3) is 5.10. The number of carbonyl (C=O) groups is 3. The smallest absolute Gasteiger partial charge is 0.255 e. The molecule has 47 heavy (non-hydrogen) atoms. The van der Waals surface area contributed by atoms with Crippen molar-refractivity contribution in [3.05, 3.63) is 63.9 Å². The Balaban J connectivity index is 1.48. The molecule has 0 unspecified atom stereocenters. The third-order valence-electron chi connectivity index (χ3n) is 10.4. The van der Waals surface area contributed by atoms with E-state index in [0.717, 1.165) is 49.5 Å². The first-order valence-corrected chi connectivity index (χ1v) is 15.9. The fourth-order valence-corrected chi connectivity index (χ4v) is 8.01. The predicted octanol–water partition coefficient (Wildman–Crippen LogP) is 1.44. The van der Waals surface area contributed by atoms with Crippen LogP contribution in [-0.4, -0.2) is 126 Å². The fraction of sp³-hybridized carbons (Fsp3) is 0.457. The Morgan fingerprint density at radius 1 is 1.04 bits per heavy atom. The molecule has 1 saturated carbocycles. The van der Waals surface area contributed by atoms with E-state index in [1.165, 1.54) is 4.90 Å². The number of nitrogens with two attached hydrogens (primary N) is 1. The van der Waals surface area contributed by atoms with Crippen LogP contribution in [0.15, 0.2) is 47.2 Å². The maximum atomic E-state index is 14.3. The number of aliphatic hydroxyl groups excluding tert-OH is 2. The van der Waals surface area contributed by atoms with E-state index >= 15 is 0 Å². The van der Waals surface area contributed by atoms with Gasteiger partial charge in [-0.25, -0.2) is 0 Å². The van der Waals surface area contributed by atoms with Gasteiger partial charge in [-0.1, -0.05) is 18.2 Å². The molecule has 2 aromatic rings. The number of amides is 1. The van der Waals surface area contributed by atoms with Gasteiger partial charge in [0.05, 0.1) is 11.6 Å². The number of rotatable bonds is 6. The number of hydrogen-bond donors (Lipinski definition) is 5. The van der Waals surface area contributed by atoms with Crippen LogP contribution in [0.3, 0.4) is 0 Å². The minimum Gasteiger partial charge on any atom is -0.508 e. The number of aliphatic hydroxyl groups is 3. The van der Waals surface area contributed by atoms with E-state index in [0.29, 0.717) is 11.1 Å². The Morgan fingerprint density at radius 3 is 2.34 bits per heavy atom. The van der Waals surface area contributed by atoms with E-state index < -0.39 is 58.0 Å². The molecule has 0 spiro atoms. The number of nitrogens with zero attached hydrogens (tertiary/aromatic N) is 4. The summed E-state index contributed by atoms with van der Waals surface area (Å²) in [7, 11) is 8.99. The van der Waals surface area contributed by atoms with Crippen LogP contribution in [-0.2, 0) is 27.3 Å². The lowest BCUT2D eigenvalue weighted by molar-refractivity contribution is -0.153. The number of benzene rings is 2. The van der Waals surface area contributed by atoms with E-state index in [9.17, 15) is 34.8 Å². The number of likely N-dealkylation sites (N-methyl/N-ethyl adjacent to an activating group) is 2. The molecule has 12 nitrogen and oxygen atoms in total. The maximum absolute atomic E-state index is 14.3. The highest BCUT2D eigenvalue weighted by molar-refractivity contribution is 6.24. The molecule has 4 aliphatic rings. The zero-order valence-electron chi connectivity index (χ0n) is 27.4. The number of primary amides is 1. The molecule has 1 aliphatic heterocycles. The number of carbonyl (C=O) groups excluding carboxylic acids is 3. The topological polar surface area (TPSA) is 171 Å². The summed E-state index contributed by atoms with van der Waals surface area (Å²) in [5.41, 5.74) is 5.47. The van der Waals surface area contributed by atoms with Crippen molar-refractivity contribution in [3.63, 3.8) is 0 Å². The molecule has 2 fully saturated rings. The molecule has 0 radical (unpaired) electrons. The van der Waals surface area contributed by atoms with Crippen molar-refractivity contribution in [1.82, 2.24) is 14.7 Å². The molecule has 1 heterocycles. The van der Waals surface area contributed by atoms with Gasteiger partial charge in [0.2, 0.25) is 5.78 Å². The normalized spacial score (nSPS) is 26.7. The molecule has 1 amide bonds. The molecule has 3 aliphatic carbocycles. The Bertz CT molecular complexity index is 1740. The lowest BCUT2D eigenvalue weighted by Gasteiger charge is -2.50. The summed E-state index contributed by atoms with van der Waals surface area (Å²) in [5, 5.41) is 46.8. The largest absolute Gasteiger partial charge is 0.508 e. The maximum Gasteiger partial charge on any atom is 0.255 e. The van der Waals surface area contributed by atoms with Gasteiger partial charge < -0.3 is 36.0 Å². The van der Waals surface area contributed by atoms with Crippen LogP contribution < -0.4 is 10.6 Å². The minimum atomic E-state index is -2.68. The second-order valence-electron chi connectivity index (χ2n) is 13.8. The number of aromatic hydroxyl groups is 1. The van der Waals surface area contributed by atoms with Crippen LogP contribution >= 0.6 is 0 Å². The van der Waals surface area contributed by atoms with Gasteiger partial charge in [0, 0.05) is 69.6 Å².